The van der Waals surface area contributed by atoms with Crippen molar-refractivity contribution in [3.63, 3.8) is 0 Å². The molecular weight excluding hydrogens is 241 g/mol. The highest BCUT2D eigenvalue weighted by atomic mass is 19.4. The maximum Gasteiger partial charge on any atom is 0.416 e. The Labute approximate surface area is 102 Å². The minimum Gasteiger partial charge on any atom is -0.298 e. The third-order valence-corrected chi connectivity index (χ3v) is 2.57. The van der Waals surface area contributed by atoms with Crippen molar-refractivity contribution < 1.29 is 18.0 Å². The van der Waals surface area contributed by atoms with Crippen molar-refractivity contribution in [3.05, 3.63) is 59.7 Å². The minimum atomic E-state index is -4.35. The molecule has 0 aliphatic carbocycles. The fourth-order valence-corrected chi connectivity index (χ4v) is 1.63. The Hall–Kier alpha value is -2.10. The average Bonchev–Trinajstić information content (AvgIpc) is 2.38. The zero-order valence-electron chi connectivity index (χ0n) is 9.24. The number of aldehydes is 1. The number of rotatable bonds is 2. The highest BCUT2D eigenvalue weighted by Crippen LogP contribution is 2.32. The van der Waals surface area contributed by atoms with Crippen LogP contribution in [-0.2, 0) is 6.18 Å². The minimum absolute atomic E-state index is 0.474. The van der Waals surface area contributed by atoms with Crippen LogP contribution < -0.4 is 0 Å². The van der Waals surface area contributed by atoms with Crippen LogP contribution >= 0.6 is 0 Å². The summed E-state index contributed by atoms with van der Waals surface area (Å²) in [5.41, 5.74) is 0.930. The van der Waals surface area contributed by atoms with Gasteiger partial charge < -0.3 is 0 Å². The van der Waals surface area contributed by atoms with Gasteiger partial charge in [0.2, 0.25) is 0 Å². The maximum absolute atomic E-state index is 12.6. The van der Waals surface area contributed by atoms with Crippen LogP contribution in [0, 0.1) is 0 Å². The molecule has 92 valence electrons. The van der Waals surface area contributed by atoms with Crippen molar-refractivity contribution in [1.29, 1.82) is 0 Å². The summed E-state index contributed by atoms with van der Waals surface area (Å²) in [6.07, 6.45) is -3.66. The van der Waals surface area contributed by atoms with Crippen molar-refractivity contribution in [3.8, 4) is 11.1 Å². The molecule has 0 aliphatic heterocycles. The normalized spacial score (nSPS) is 11.3. The molecule has 0 aromatic heterocycles. The van der Waals surface area contributed by atoms with Crippen molar-refractivity contribution >= 4 is 6.29 Å². The first kappa shape index (κ1) is 12.4. The molecule has 0 amide bonds. The van der Waals surface area contributed by atoms with Gasteiger partial charge in [-0.05, 0) is 23.3 Å². The molecule has 0 saturated heterocycles. The Kier molecular flexibility index (Phi) is 3.19. The van der Waals surface area contributed by atoms with Gasteiger partial charge in [-0.1, -0.05) is 36.4 Å². The lowest BCUT2D eigenvalue weighted by atomic mass is 10.0. The molecule has 0 N–H and O–H groups in total. The van der Waals surface area contributed by atoms with Crippen LogP contribution in [0.2, 0.25) is 0 Å². The Morgan fingerprint density at radius 1 is 0.889 bits per heavy atom. The molecule has 4 heteroatoms. The quantitative estimate of drug-likeness (QED) is 0.730. The van der Waals surface area contributed by atoms with Crippen molar-refractivity contribution in [2.75, 3.05) is 0 Å². The molecule has 0 saturated carbocycles. The first-order valence-electron chi connectivity index (χ1n) is 5.23. The number of hydrogen-bond acceptors (Lipinski definition) is 1. The van der Waals surface area contributed by atoms with Crippen LogP contribution in [0.25, 0.3) is 11.1 Å². The van der Waals surface area contributed by atoms with E-state index in [4.69, 9.17) is 0 Å². The van der Waals surface area contributed by atoms with Gasteiger partial charge in [0.05, 0.1) is 5.56 Å². The number of carbonyl (C=O) groups excluding carboxylic acids is 1. The van der Waals surface area contributed by atoms with Crippen LogP contribution in [-0.4, -0.2) is 6.29 Å². The lowest BCUT2D eigenvalue weighted by molar-refractivity contribution is -0.137. The van der Waals surface area contributed by atoms with Gasteiger partial charge in [-0.15, -0.1) is 0 Å². The zero-order chi connectivity index (χ0) is 13.2. The van der Waals surface area contributed by atoms with Gasteiger partial charge in [0.25, 0.3) is 0 Å². The lowest BCUT2D eigenvalue weighted by Gasteiger charge is -2.08. The van der Waals surface area contributed by atoms with E-state index in [1.165, 1.54) is 6.07 Å². The highest BCUT2D eigenvalue weighted by molar-refractivity contribution is 5.77. The molecule has 0 unspecified atom stereocenters. The molecule has 0 heterocycles. The molecule has 0 spiro atoms. The maximum atomic E-state index is 12.6. The lowest BCUT2D eigenvalue weighted by Crippen LogP contribution is -2.04. The number of hydrogen-bond donors (Lipinski definition) is 0. The van der Waals surface area contributed by atoms with E-state index in [9.17, 15) is 18.0 Å². The predicted octanol–water partition coefficient (Wildman–Crippen LogP) is 4.18. The van der Waals surface area contributed by atoms with Gasteiger partial charge in [-0.3, -0.25) is 4.79 Å². The van der Waals surface area contributed by atoms with E-state index in [1.54, 1.807) is 30.3 Å². The van der Waals surface area contributed by atoms with Crippen LogP contribution in [0.15, 0.2) is 48.5 Å². The van der Waals surface area contributed by atoms with E-state index in [0.717, 1.165) is 12.1 Å². The first-order chi connectivity index (χ1) is 8.50. The molecule has 2 aromatic rings. The molecular formula is C14H9F3O. The fourth-order valence-electron chi connectivity index (χ4n) is 1.63. The average molecular weight is 250 g/mol. The zero-order valence-corrected chi connectivity index (χ0v) is 9.24. The fraction of sp³-hybridized carbons (Fsp3) is 0.0714. The van der Waals surface area contributed by atoms with E-state index in [-0.39, 0.29) is 0 Å². The number of halogens is 3. The summed E-state index contributed by atoms with van der Waals surface area (Å²) >= 11 is 0. The van der Waals surface area contributed by atoms with Gasteiger partial charge in [-0.25, -0.2) is 0 Å². The standard InChI is InChI=1S/C14H9F3O/c15-14(16,17)13-3-1-2-12(8-13)11-6-4-10(9-18)5-7-11/h1-9H. The summed E-state index contributed by atoms with van der Waals surface area (Å²) < 4.78 is 37.7. The Morgan fingerprint density at radius 2 is 1.56 bits per heavy atom. The summed E-state index contributed by atoms with van der Waals surface area (Å²) in [7, 11) is 0. The third-order valence-electron chi connectivity index (χ3n) is 2.57. The Morgan fingerprint density at radius 3 is 2.11 bits per heavy atom. The second-order valence-electron chi connectivity index (χ2n) is 3.82. The second-order valence-corrected chi connectivity index (χ2v) is 3.82. The number of alkyl halides is 3. The summed E-state index contributed by atoms with van der Waals surface area (Å²) in [6, 6.07) is 11.5. The van der Waals surface area contributed by atoms with E-state index in [2.05, 4.69) is 0 Å². The highest BCUT2D eigenvalue weighted by Gasteiger charge is 2.30. The van der Waals surface area contributed by atoms with Crippen LogP contribution in [0.1, 0.15) is 15.9 Å². The predicted molar refractivity (Wildman–Crippen MR) is 62.3 cm³/mol. The SMILES string of the molecule is O=Cc1ccc(-c2cccc(C(F)(F)F)c2)cc1. The van der Waals surface area contributed by atoms with Crippen molar-refractivity contribution in [2.24, 2.45) is 0 Å². The summed E-state index contributed by atoms with van der Waals surface area (Å²) in [4.78, 5) is 10.5. The van der Waals surface area contributed by atoms with E-state index in [0.29, 0.717) is 23.0 Å². The molecule has 2 aromatic carbocycles. The summed E-state index contributed by atoms with van der Waals surface area (Å²) in [6.45, 7) is 0. The first-order valence-corrected chi connectivity index (χ1v) is 5.23. The van der Waals surface area contributed by atoms with Gasteiger partial charge in [0.15, 0.2) is 0 Å². The topological polar surface area (TPSA) is 17.1 Å². The Balaban J connectivity index is 2.41. The van der Waals surface area contributed by atoms with E-state index < -0.39 is 11.7 Å². The molecule has 2 rings (SSSR count). The van der Waals surface area contributed by atoms with Crippen molar-refractivity contribution in [1.82, 2.24) is 0 Å². The summed E-state index contributed by atoms with van der Waals surface area (Å²) in [5.74, 6) is 0. The smallest absolute Gasteiger partial charge is 0.298 e. The van der Waals surface area contributed by atoms with Gasteiger partial charge in [0.1, 0.15) is 6.29 Å². The second kappa shape index (κ2) is 4.64. The van der Waals surface area contributed by atoms with Crippen molar-refractivity contribution in [2.45, 2.75) is 6.18 Å². The van der Waals surface area contributed by atoms with Gasteiger partial charge in [0, 0.05) is 5.56 Å². The number of benzene rings is 2. The third kappa shape index (κ3) is 2.59. The van der Waals surface area contributed by atoms with Crippen LogP contribution in [0.4, 0.5) is 13.2 Å². The van der Waals surface area contributed by atoms with Crippen LogP contribution in [0.5, 0.6) is 0 Å². The van der Waals surface area contributed by atoms with E-state index >= 15 is 0 Å². The van der Waals surface area contributed by atoms with Crippen LogP contribution in [0.3, 0.4) is 0 Å². The molecule has 1 nitrogen and oxygen atoms in total. The molecule has 0 fully saturated rings. The molecule has 0 bridgehead atoms. The molecule has 0 radical (unpaired) electrons. The molecule has 18 heavy (non-hydrogen) atoms. The van der Waals surface area contributed by atoms with Gasteiger partial charge in [-0.2, -0.15) is 13.2 Å². The number of carbonyl (C=O) groups is 1. The largest absolute Gasteiger partial charge is 0.416 e. The summed E-state index contributed by atoms with van der Waals surface area (Å²) in [5, 5.41) is 0. The monoisotopic (exact) mass is 250 g/mol. The van der Waals surface area contributed by atoms with E-state index in [1.807, 2.05) is 0 Å². The molecule has 0 aliphatic rings. The van der Waals surface area contributed by atoms with Gasteiger partial charge >= 0.3 is 6.18 Å². The molecule has 0 atom stereocenters. The Bertz CT molecular complexity index is 556.